The predicted molar refractivity (Wildman–Crippen MR) is 109 cm³/mol. The molecule has 2 aromatic rings. The van der Waals surface area contributed by atoms with Gasteiger partial charge in [0.1, 0.15) is 5.75 Å². The number of nitrogens with zero attached hydrogens (tertiary/aromatic N) is 3. The Morgan fingerprint density at radius 3 is 2.33 bits per heavy atom. The van der Waals surface area contributed by atoms with Crippen LogP contribution in [0.5, 0.6) is 0 Å². The third-order valence-corrected chi connectivity index (χ3v) is 7.65. The van der Waals surface area contributed by atoms with Gasteiger partial charge in [-0.2, -0.15) is 4.31 Å². The Morgan fingerprint density at radius 1 is 1.10 bits per heavy atom. The molecule has 1 aliphatic carbocycles. The van der Waals surface area contributed by atoms with Crippen LogP contribution in [0, 0.1) is 0 Å². The van der Waals surface area contributed by atoms with Gasteiger partial charge in [0.2, 0.25) is 15.9 Å². The van der Waals surface area contributed by atoms with E-state index in [2.05, 4.69) is 15.5 Å². The lowest BCUT2D eigenvalue weighted by Gasteiger charge is -2.30. The van der Waals surface area contributed by atoms with Crippen LogP contribution in [0.1, 0.15) is 48.4 Å². The van der Waals surface area contributed by atoms with E-state index < -0.39 is 31.5 Å². The maximum atomic E-state index is 12.9. The Morgan fingerprint density at radius 2 is 1.73 bits per heavy atom. The molecule has 1 heterocycles. The van der Waals surface area contributed by atoms with E-state index in [1.54, 1.807) is 7.05 Å². The first-order chi connectivity index (χ1) is 14.1. The van der Waals surface area contributed by atoms with Crippen LogP contribution in [-0.2, 0) is 25.6 Å². The monoisotopic (exact) mass is 456 g/mol. The quantitative estimate of drug-likeness (QED) is 0.665. The van der Waals surface area contributed by atoms with Gasteiger partial charge < -0.3 is 4.42 Å². The molecule has 0 spiro atoms. The molecule has 1 saturated carbocycles. The van der Waals surface area contributed by atoms with Crippen LogP contribution in [0.25, 0.3) is 0 Å². The molecule has 0 saturated heterocycles. The number of rotatable bonds is 7. The zero-order valence-electron chi connectivity index (χ0n) is 16.7. The molecule has 12 heteroatoms. The molecule has 1 N–H and O–H groups in total. The van der Waals surface area contributed by atoms with E-state index in [-0.39, 0.29) is 28.4 Å². The van der Waals surface area contributed by atoms with Gasteiger partial charge in [-0.15, -0.1) is 5.10 Å². The molecule has 1 amide bonds. The lowest BCUT2D eigenvalue weighted by Crippen LogP contribution is -2.38. The van der Waals surface area contributed by atoms with E-state index >= 15 is 0 Å². The molecule has 0 unspecified atom stereocenters. The smallest absolute Gasteiger partial charge is 0.322 e. The summed E-state index contributed by atoms with van der Waals surface area (Å²) in [4.78, 5) is 12.4. The van der Waals surface area contributed by atoms with Crippen LogP contribution in [0.15, 0.2) is 33.6 Å². The van der Waals surface area contributed by atoms with Crippen molar-refractivity contribution in [2.24, 2.45) is 0 Å². The summed E-state index contributed by atoms with van der Waals surface area (Å²) in [5, 5.41) is 9.51. The summed E-state index contributed by atoms with van der Waals surface area (Å²) < 4.78 is 54.7. The van der Waals surface area contributed by atoms with Crippen molar-refractivity contribution in [2.75, 3.05) is 18.6 Å². The first-order valence-electron chi connectivity index (χ1n) is 9.46. The van der Waals surface area contributed by atoms with Gasteiger partial charge in [-0.3, -0.25) is 10.1 Å². The zero-order valence-corrected chi connectivity index (χ0v) is 18.4. The molecule has 0 bridgehead atoms. The number of sulfone groups is 1. The van der Waals surface area contributed by atoms with E-state index in [0.717, 1.165) is 38.4 Å². The molecule has 1 fully saturated rings. The van der Waals surface area contributed by atoms with Crippen LogP contribution in [0.2, 0.25) is 0 Å². The Bertz CT molecular complexity index is 1100. The highest BCUT2D eigenvalue weighted by Crippen LogP contribution is 2.26. The van der Waals surface area contributed by atoms with Crippen molar-refractivity contribution in [3.05, 3.63) is 35.7 Å². The van der Waals surface area contributed by atoms with E-state index in [0.29, 0.717) is 0 Å². The first kappa shape index (κ1) is 22.4. The van der Waals surface area contributed by atoms with Gasteiger partial charge in [-0.25, -0.2) is 16.8 Å². The Kier molecular flexibility index (Phi) is 6.58. The number of hydrogen-bond acceptors (Lipinski definition) is 8. The lowest BCUT2D eigenvalue weighted by molar-refractivity contribution is 0.102. The molecule has 3 rings (SSSR count). The van der Waals surface area contributed by atoms with Crippen LogP contribution < -0.4 is 5.32 Å². The van der Waals surface area contributed by atoms with Gasteiger partial charge >= 0.3 is 6.01 Å². The predicted octanol–water partition coefficient (Wildman–Crippen LogP) is 1.82. The average molecular weight is 457 g/mol. The van der Waals surface area contributed by atoms with Crippen molar-refractivity contribution in [2.45, 2.75) is 48.8 Å². The van der Waals surface area contributed by atoms with Crippen molar-refractivity contribution in [1.82, 2.24) is 14.5 Å². The maximum absolute atomic E-state index is 12.9. The third-order valence-electron chi connectivity index (χ3n) is 4.96. The molecule has 1 aromatic heterocycles. The van der Waals surface area contributed by atoms with Gasteiger partial charge in [0.15, 0.2) is 9.84 Å². The minimum atomic E-state index is -3.65. The Labute approximate surface area is 175 Å². The summed E-state index contributed by atoms with van der Waals surface area (Å²) in [5.74, 6) is -1.16. The summed E-state index contributed by atoms with van der Waals surface area (Å²) >= 11 is 0. The van der Waals surface area contributed by atoms with Crippen LogP contribution in [-0.4, -0.2) is 56.6 Å². The largest absolute Gasteiger partial charge is 0.407 e. The summed E-state index contributed by atoms with van der Waals surface area (Å²) in [7, 11) is -5.41. The standard InChI is InChI=1S/C18H24N4O6S2/c1-22(14-6-4-3-5-7-14)30(26,27)15-10-8-13(9-11-15)17(23)19-18-21-20-16(28-18)12-29(2,24)25/h8-11,14H,3-7,12H2,1-2H3,(H,19,21,23). The summed E-state index contributed by atoms with van der Waals surface area (Å²) in [6.45, 7) is 0. The van der Waals surface area contributed by atoms with Crippen LogP contribution >= 0.6 is 0 Å². The summed E-state index contributed by atoms with van der Waals surface area (Å²) in [5.41, 5.74) is 0.192. The van der Waals surface area contributed by atoms with Gasteiger partial charge in [-0.1, -0.05) is 24.4 Å². The topological polar surface area (TPSA) is 140 Å². The molecular weight excluding hydrogens is 432 g/mol. The number of anilines is 1. The number of aromatic nitrogens is 2. The van der Waals surface area contributed by atoms with Crippen molar-refractivity contribution in [1.29, 1.82) is 0 Å². The fourth-order valence-corrected chi connectivity index (χ4v) is 5.32. The number of carbonyl (C=O) groups is 1. The summed E-state index contributed by atoms with van der Waals surface area (Å²) in [6.07, 6.45) is 5.89. The molecule has 30 heavy (non-hydrogen) atoms. The van der Waals surface area contributed by atoms with E-state index in [1.807, 2.05) is 0 Å². The molecule has 164 valence electrons. The SMILES string of the molecule is CN(C1CCCCC1)S(=O)(=O)c1ccc(C(=O)Nc2nnc(CS(C)(=O)=O)o2)cc1. The fourth-order valence-electron chi connectivity index (χ4n) is 3.34. The molecular formula is C18H24N4O6S2. The van der Waals surface area contributed by atoms with Crippen molar-refractivity contribution >= 4 is 31.8 Å². The van der Waals surface area contributed by atoms with Crippen LogP contribution in [0.3, 0.4) is 0 Å². The molecule has 1 aromatic carbocycles. The molecule has 0 radical (unpaired) electrons. The zero-order chi connectivity index (χ0) is 21.9. The number of benzene rings is 1. The van der Waals surface area contributed by atoms with Crippen molar-refractivity contribution < 1.29 is 26.0 Å². The number of carbonyl (C=O) groups excluding carboxylic acids is 1. The van der Waals surface area contributed by atoms with Gasteiger partial charge in [0.25, 0.3) is 5.91 Å². The minimum Gasteiger partial charge on any atom is -0.407 e. The fraction of sp³-hybridized carbons (Fsp3) is 0.500. The number of hydrogen-bond donors (Lipinski definition) is 1. The maximum Gasteiger partial charge on any atom is 0.322 e. The third kappa shape index (κ3) is 5.43. The Balaban J connectivity index is 1.68. The summed E-state index contributed by atoms with van der Waals surface area (Å²) in [6, 6.07) is 5.30. The normalized spacial score (nSPS) is 16.0. The van der Waals surface area contributed by atoms with E-state index in [1.165, 1.54) is 28.6 Å². The van der Waals surface area contributed by atoms with Gasteiger partial charge in [-0.05, 0) is 37.1 Å². The van der Waals surface area contributed by atoms with Crippen molar-refractivity contribution in [3.63, 3.8) is 0 Å². The van der Waals surface area contributed by atoms with Gasteiger partial charge in [0, 0.05) is 24.9 Å². The van der Waals surface area contributed by atoms with E-state index in [9.17, 15) is 21.6 Å². The van der Waals surface area contributed by atoms with Gasteiger partial charge in [0.05, 0.1) is 4.90 Å². The molecule has 10 nitrogen and oxygen atoms in total. The number of nitrogens with one attached hydrogen (secondary N) is 1. The molecule has 0 aliphatic heterocycles. The number of amides is 1. The second-order valence-electron chi connectivity index (χ2n) is 7.36. The van der Waals surface area contributed by atoms with Crippen molar-refractivity contribution in [3.8, 4) is 0 Å². The van der Waals surface area contributed by atoms with Crippen LogP contribution in [0.4, 0.5) is 6.01 Å². The highest BCUT2D eigenvalue weighted by molar-refractivity contribution is 7.89. The first-order valence-corrected chi connectivity index (χ1v) is 13.0. The highest BCUT2D eigenvalue weighted by Gasteiger charge is 2.29. The second-order valence-corrected chi connectivity index (χ2v) is 11.5. The second kappa shape index (κ2) is 8.82. The molecule has 0 atom stereocenters. The average Bonchev–Trinajstić information content (AvgIpc) is 3.13. The highest BCUT2D eigenvalue weighted by atomic mass is 32.2. The molecule has 1 aliphatic rings. The Hall–Kier alpha value is -2.31. The minimum absolute atomic E-state index is 0.00890. The lowest BCUT2D eigenvalue weighted by atomic mass is 9.96. The number of sulfonamides is 1. The van der Waals surface area contributed by atoms with E-state index in [4.69, 9.17) is 4.42 Å².